The summed E-state index contributed by atoms with van der Waals surface area (Å²) in [5.74, 6) is 0. The van der Waals surface area contributed by atoms with Gasteiger partial charge in [-0.25, -0.2) is 4.78 Å². The van der Waals surface area contributed by atoms with Gasteiger partial charge in [-0.3, -0.25) is 0 Å². The Morgan fingerprint density at radius 2 is 2.29 bits per heavy atom. The minimum atomic E-state index is -0.436. The van der Waals surface area contributed by atoms with Gasteiger partial charge in [0.25, 0.3) is 0 Å². The van der Waals surface area contributed by atoms with Crippen molar-refractivity contribution in [1.29, 1.82) is 0 Å². The van der Waals surface area contributed by atoms with Crippen LogP contribution < -0.4 is 0 Å². The molecule has 0 aromatic heterocycles. The minimum Gasteiger partial charge on any atom is -0.215 e. The highest BCUT2D eigenvalue weighted by Crippen LogP contribution is 1.85. The van der Waals surface area contributed by atoms with Crippen molar-refractivity contribution in [3.05, 3.63) is 11.9 Å². The molecule has 4 nitrogen and oxygen atoms in total. The molecule has 0 atom stereocenters. The van der Waals surface area contributed by atoms with Gasteiger partial charge in [-0.05, 0) is 10.4 Å². The molecule has 0 saturated heterocycles. The number of nitrogens with zero attached hydrogens (tertiary/aromatic N) is 4. The van der Waals surface area contributed by atoms with Crippen molar-refractivity contribution in [3.8, 4) is 0 Å². The van der Waals surface area contributed by atoms with Crippen LogP contribution in [-0.4, -0.2) is 9.68 Å². The summed E-state index contributed by atoms with van der Waals surface area (Å²) in [6.07, 6.45) is 1.63. The van der Waals surface area contributed by atoms with Crippen LogP contribution in [0.1, 0.15) is 0 Å². The highest BCUT2D eigenvalue weighted by molar-refractivity contribution is 6.39. The average molecular weight is 112 g/mol. The lowest BCUT2D eigenvalue weighted by Gasteiger charge is -1.65. The largest absolute Gasteiger partial charge is 0.215 e. The molecule has 0 unspecified atom stereocenters. The van der Waals surface area contributed by atoms with E-state index in [4.69, 9.17) is 0 Å². The molecule has 1 aliphatic heterocycles. The molecule has 1 aliphatic rings. The van der Waals surface area contributed by atoms with E-state index in [9.17, 15) is 0 Å². The standard InChI is InChI=1S/C2H4N4Si/c1-2-7-6-5-4-3-1/h1-2H,7H2. The van der Waals surface area contributed by atoms with Crippen molar-refractivity contribution in [1.82, 2.24) is 0 Å². The van der Waals surface area contributed by atoms with Crippen LogP contribution in [0.4, 0.5) is 0 Å². The average Bonchev–Trinajstić information content (AvgIpc) is 1.90. The lowest BCUT2D eigenvalue weighted by atomic mass is 11.1. The van der Waals surface area contributed by atoms with E-state index >= 15 is 0 Å². The second-order valence-electron chi connectivity index (χ2n) is 1.00. The third-order valence-electron chi connectivity index (χ3n) is 0.514. The summed E-state index contributed by atoms with van der Waals surface area (Å²) >= 11 is 0. The first-order chi connectivity index (χ1) is 3.50. The monoisotopic (exact) mass is 112 g/mol. The van der Waals surface area contributed by atoms with E-state index in [1.54, 1.807) is 6.20 Å². The zero-order valence-electron chi connectivity index (χ0n) is 3.65. The van der Waals surface area contributed by atoms with Gasteiger partial charge < -0.3 is 0 Å². The van der Waals surface area contributed by atoms with Crippen LogP contribution in [-0.2, 0) is 0 Å². The lowest BCUT2D eigenvalue weighted by molar-refractivity contribution is 0.985. The summed E-state index contributed by atoms with van der Waals surface area (Å²) in [7, 11) is -0.436. The highest BCUT2D eigenvalue weighted by Gasteiger charge is 1.75. The number of hydrogen-bond acceptors (Lipinski definition) is 4. The van der Waals surface area contributed by atoms with Gasteiger partial charge in [0.15, 0.2) is 0 Å². The van der Waals surface area contributed by atoms with E-state index < -0.39 is 9.68 Å². The lowest BCUT2D eigenvalue weighted by Crippen LogP contribution is -1.69. The molecule has 7 heavy (non-hydrogen) atoms. The van der Waals surface area contributed by atoms with Gasteiger partial charge in [-0.15, -0.1) is 5.11 Å². The van der Waals surface area contributed by atoms with Gasteiger partial charge in [-0.2, -0.15) is 0 Å². The Hall–Kier alpha value is -0.843. The Kier molecular flexibility index (Phi) is 1.45. The second kappa shape index (κ2) is 2.35. The van der Waals surface area contributed by atoms with E-state index in [0.29, 0.717) is 0 Å². The van der Waals surface area contributed by atoms with E-state index in [-0.39, 0.29) is 0 Å². The molecular formula is C2H4N4Si. The molecule has 1 rings (SSSR count). The van der Waals surface area contributed by atoms with Gasteiger partial charge in [0, 0.05) is 6.20 Å². The van der Waals surface area contributed by atoms with Crippen molar-refractivity contribution in [2.75, 3.05) is 0 Å². The van der Waals surface area contributed by atoms with Crippen LogP contribution in [0, 0.1) is 0 Å². The third-order valence-corrected chi connectivity index (χ3v) is 1.23. The van der Waals surface area contributed by atoms with Gasteiger partial charge >= 0.3 is 0 Å². The molecule has 0 N–H and O–H groups in total. The van der Waals surface area contributed by atoms with Gasteiger partial charge in [-0.1, -0.05) is 5.70 Å². The molecule has 0 radical (unpaired) electrons. The summed E-state index contributed by atoms with van der Waals surface area (Å²) in [5.41, 5.74) is 1.92. The fourth-order valence-electron chi connectivity index (χ4n) is 0.259. The van der Waals surface area contributed by atoms with Crippen molar-refractivity contribution >= 4 is 9.68 Å². The maximum atomic E-state index is 3.69. The molecule has 0 aliphatic carbocycles. The van der Waals surface area contributed by atoms with Crippen LogP contribution in [0.2, 0.25) is 0 Å². The molecule has 0 bridgehead atoms. The quantitative estimate of drug-likeness (QED) is 0.407. The van der Waals surface area contributed by atoms with Crippen molar-refractivity contribution in [3.63, 3.8) is 0 Å². The number of rotatable bonds is 0. The Morgan fingerprint density at radius 3 is 3.29 bits per heavy atom. The topological polar surface area (TPSA) is 49.4 Å². The van der Waals surface area contributed by atoms with Crippen molar-refractivity contribution in [2.24, 2.45) is 20.3 Å². The molecule has 0 fully saturated rings. The van der Waals surface area contributed by atoms with Crippen molar-refractivity contribution in [2.45, 2.75) is 0 Å². The maximum Gasteiger partial charge on any atom is 0.206 e. The summed E-state index contributed by atoms with van der Waals surface area (Å²) in [6.45, 7) is 0. The van der Waals surface area contributed by atoms with Crippen molar-refractivity contribution < 1.29 is 0 Å². The fraction of sp³-hybridized carbons (Fsp3) is 0. The molecule has 0 aromatic rings. The summed E-state index contributed by atoms with van der Waals surface area (Å²) in [6, 6.07) is 0. The molecule has 1 heterocycles. The Morgan fingerprint density at radius 1 is 1.29 bits per heavy atom. The second-order valence-corrected chi connectivity index (χ2v) is 2.12. The van der Waals surface area contributed by atoms with Crippen LogP contribution in [0.25, 0.3) is 0 Å². The van der Waals surface area contributed by atoms with Crippen LogP contribution in [0.3, 0.4) is 0 Å². The molecule has 0 spiro atoms. The molecule has 36 valence electrons. The van der Waals surface area contributed by atoms with Crippen LogP contribution in [0.5, 0.6) is 0 Å². The molecular weight excluding hydrogens is 108 g/mol. The molecule has 0 saturated carbocycles. The van der Waals surface area contributed by atoms with E-state index in [2.05, 4.69) is 20.3 Å². The Balaban J connectivity index is 2.60. The fourth-order valence-corrected chi connectivity index (χ4v) is 0.672. The summed E-state index contributed by atoms with van der Waals surface area (Å²) in [5, 5.41) is 10.1. The Labute approximate surface area is 42.9 Å². The number of hydrogen-bond donors (Lipinski definition) is 0. The molecule has 0 amide bonds. The highest BCUT2D eigenvalue weighted by atomic mass is 28.2. The van der Waals surface area contributed by atoms with Gasteiger partial charge in [0.05, 0.1) is 0 Å². The smallest absolute Gasteiger partial charge is 0.206 e. The van der Waals surface area contributed by atoms with E-state index in [1.165, 1.54) is 0 Å². The van der Waals surface area contributed by atoms with Gasteiger partial charge in [0.1, 0.15) is 0 Å². The van der Waals surface area contributed by atoms with Crippen LogP contribution >= 0.6 is 0 Å². The van der Waals surface area contributed by atoms with Crippen LogP contribution in [0.15, 0.2) is 32.2 Å². The summed E-state index contributed by atoms with van der Waals surface area (Å²) < 4.78 is 3.69. The molecule has 0 aromatic carbocycles. The third kappa shape index (κ3) is 1.36. The first-order valence-electron chi connectivity index (χ1n) is 1.92. The Bertz CT molecular complexity index is 112. The maximum absolute atomic E-state index is 3.69. The first kappa shape index (κ1) is 4.32. The zero-order valence-corrected chi connectivity index (χ0v) is 5.06. The zero-order chi connectivity index (χ0) is 4.95. The molecule has 5 heteroatoms. The minimum absolute atomic E-state index is 0.436. The predicted octanol–water partition coefficient (Wildman–Crippen LogP) is 0.374. The predicted molar refractivity (Wildman–Crippen MR) is 27.4 cm³/mol. The normalized spacial score (nSPS) is 20.6. The van der Waals surface area contributed by atoms with E-state index in [0.717, 1.165) is 0 Å². The SMILES string of the molecule is C1=C[SiH2]N=NN=N1. The first-order valence-corrected chi connectivity index (χ1v) is 3.36. The van der Waals surface area contributed by atoms with E-state index in [1.807, 2.05) is 5.70 Å². The summed E-state index contributed by atoms with van der Waals surface area (Å²) in [4.78, 5) is 0. The van der Waals surface area contributed by atoms with Gasteiger partial charge in [0.2, 0.25) is 9.68 Å².